The minimum Gasteiger partial charge on any atom is -0.402 e. The topological polar surface area (TPSA) is 147 Å². The van der Waals surface area contributed by atoms with Crippen molar-refractivity contribution >= 4 is 27.5 Å². The van der Waals surface area contributed by atoms with E-state index < -0.39 is 20.9 Å². The van der Waals surface area contributed by atoms with Crippen LogP contribution in [0.1, 0.15) is 15.9 Å². The average molecular weight is 402 g/mol. The summed E-state index contributed by atoms with van der Waals surface area (Å²) >= 11 is 0. The van der Waals surface area contributed by atoms with Crippen molar-refractivity contribution in [2.24, 2.45) is 0 Å². The van der Waals surface area contributed by atoms with Crippen LogP contribution in [0.4, 0.5) is 11.5 Å². The van der Waals surface area contributed by atoms with Gasteiger partial charge in [-0.2, -0.15) is 8.42 Å². The monoisotopic (exact) mass is 402 g/mol. The number of aromatic nitrogens is 2. The zero-order valence-electron chi connectivity index (χ0n) is 14.5. The Morgan fingerprint density at radius 1 is 1.18 bits per heavy atom. The molecule has 0 atom stereocenters. The van der Waals surface area contributed by atoms with E-state index in [0.29, 0.717) is 4.09 Å². The highest BCUT2D eigenvalue weighted by Gasteiger charge is 2.23. The highest BCUT2D eigenvalue weighted by Crippen LogP contribution is 2.22. The minimum atomic E-state index is -4.08. The molecule has 3 aromatic rings. The number of rotatable bonds is 5. The number of esters is 1. The summed E-state index contributed by atoms with van der Waals surface area (Å²) in [7, 11) is -4.08. The molecule has 10 nitrogen and oxygen atoms in total. The summed E-state index contributed by atoms with van der Waals surface area (Å²) in [6.07, 6.45) is 0. The van der Waals surface area contributed by atoms with Gasteiger partial charge in [-0.05, 0) is 25.1 Å². The van der Waals surface area contributed by atoms with Gasteiger partial charge in [0.25, 0.3) is 15.7 Å². The molecule has 0 spiro atoms. The molecule has 3 rings (SSSR count). The molecule has 2 aromatic carbocycles. The van der Waals surface area contributed by atoms with Crippen LogP contribution >= 0.6 is 0 Å². The predicted octanol–water partition coefficient (Wildman–Crippen LogP) is 2.14. The molecule has 1 aromatic heterocycles. The van der Waals surface area contributed by atoms with Crippen LogP contribution in [0, 0.1) is 17.0 Å². The summed E-state index contributed by atoms with van der Waals surface area (Å²) in [5.41, 5.74) is 6.20. The molecular formula is C17H14N4O6S. The Morgan fingerprint density at radius 2 is 1.86 bits per heavy atom. The molecule has 144 valence electrons. The maximum Gasteiger partial charge on any atom is 0.345 e. The molecule has 0 saturated heterocycles. The van der Waals surface area contributed by atoms with Gasteiger partial charge in [-0.1, -0.05) is 23.8 Å². The zero-order valence-corrected chi connectivity index (χ0v) is 15.3. The van der Waals surface area contributed by atoms with Crippen LogP contribution in [-0.4, -0.2) is 28.5 Å². The van der Waals surface area contributed by atoms with Gasteiger partial charge < -0.3 is 10.5 Å². The number of carbonyl (C=O) groups is 1. The number of aryl methyl sites for hydroxylation is 1. The number of ether oxygens (including phenoxy) is 1. The van der Waals surface area contributed by atoms with E-state index in [1.165, 1.54) is 30.3 Å². The third-order valence-electron chi connectivity index (χ3n) is 3.72. The van der Waals surface area contributed by atoms with E-state index in [1.807, 2.05) is 6.92 Å². The van der Waals surface area contributed by atoms with Crippen LogP contribution in [0.25, 0.3) is 0 Å². The standard InChI is InChI=1S/C17H14N4O6S/c1-11-5-7-14(8-6-11)28(25,26)20-15(18)10-16(19-20)27-17(22)12-3-2-4-13(9-12)21(23)24/h2-10H,18H2,1H3. The van der Waals surface area contributed by atoms with Crippen LogP contribution in [0.5, 0.6) is 5.88 Å². The van der Waals surface area contributed by atoms with E-state index in [-0.39, 0.29) is 27.8 Å². The van der Waals surface area contributed by atoms with Crippen molar-refractivity contribution < 1.29 is 22.9 Å². The minimum absolute atomic E-state index is 0.0375. The summed E-state index contributed by atoms with van der Waals surface area (Å²) in [5, 5.41) is 14.5. The lowest BCUT2D eigenvalue weighted by Crippen LogP contribution is -2.17. The third-order valence-corrected chi connectivity index (χ3v) is 5.33. The summed E-state index contributed by atoms with van der Waals surface area (Å²) in [4.78, 5) is 22.3. The number of nitrogen functional groups attached to an aromatic ring is 1. The SMILES string of the molecule is Cc1ccc(S(=O)(=O)n2nc(OC(=O)c3cccc([N+](=O)[O-])c3)cc2N)cc1. The van der Waals surface area contributed by atoms with Crippen molar-refractivity contribution in [3.05, 3.63) is 75.8 Å². The summed E-state index contributed by atoms with van der Waals surface area (Å²) in [6.45, 7) is 1.81. The molecule has 0 radical (unpaired) electrons. The Morgan fingerprint density at radius 3 is 2.50 bits per heavy atom. The van der Waals surface area contributed by atoms with Gasteiger partial charge in [-0.25, -0.2) is 4.79 Å². The maximum atomic E-state index is 12.7. The summed E-state index contributed by atoms with van der Waals surface area (Å²) in [5.74, 6) is -1.56. The van der Waals surface area contributed by atoms with Crippen molar-refractivity contribution in [3.63, 3.8) is 0 Å². The second-order valence-corrected chi connectivity index (χ2v) is 7.53. The van der Waals surface area contributed by atoms with E-state index >= 15 is 0 Å². The quantitative estimate of drug-likeness (QED) is 0.388. The second-order valence-electron chi connectivity index (χ2n) is 5.77. The molecule has 0 bridgehead atoms. The molecule has 0 fully saturated rings. The van der Waals surface area contributed by atoms with Crippen molar-refractivity contribution in [3.8, 4) is 5.88 Å². The van der Waals surface area contributed by atoms with E-state index in [9.17, 15) is 23.3 Å². The van der Waals surface area contributed by atoms with E-state index in [4.69, 9.17) is 10.5 Å². The Kier molecular flexibility index (Phi) is 4.84. The molecule has 2 N–H and O–H groups in total. The first-order valence-corrected chi connectivity index (χ1v) is 9.27. The normalized spacial score (nSPS) is 11.2. The fraction of sp³-hybridized carbons (Fsp3) is 0.0588. The number of nitro groups is 1. The third kappa shape index (κ3) is 3.69. The Bertz CT molecular complexity index is 1170. The number of anilines is 1. The molecule has 11 heteroatoms. The predicted molar refractivity (Wildman–Crippen MR) is 98.5 cm³/mol. The van der Waals surface area contributed by atoms with Gasteiger partial charge in [0, 0.05) is 18.2 Å². The van der Waals surface area contributed by atoms with E-state index in [1.54, 1.807) is 12.1 Å². The van der Waals surface area contributed by atoms with Crippen LogP contribution in [0.15, 0.2) is 59.5 Å². The first-order chi connectivity index (χ1) is 13.2. The molecule has 0 saturated carbocycles. The highest BCUT2D eigenvalue weighted by atomic mass is 32.2. The summed E-state index contributed by atoms with van der Waals surface area (Å²) in [6, 6.07) is 12.0. The molecule has 0 aliphatic carbocycles. The number of nitro benzene ring substituents is 1. The van der Waals surface area contributed by atoms with Crippen molar-refractivity contribution in [1.29, 1.82) is 0 Å². The molecule has 0 amide bonds. The number of hydrogen-bond donors (Lipinski definition) is 1. The van der Waals surface area contributed by atoms with Crippen LogP contribution in [-0.2, 0) is 10.0 Å². The first kappa shape index (κ1) is 19.0. The lowest BCUT2D eigenvalue weighted by atomic mass is 10.2. The largest absolute Gasteiger partial charge is 0.402 e. The average Bonchev–Trinajstić information content (AvgIpc) is 3.03. The van der Waals surface area contributed by atoms with Crippen LogP contribution in [0.3, 0.4) is 0 Å². The van der Waals surface area contributed by atoms with Gasteiger partial charge in [0.2, 0.25) is 5.88 Å². The molecule has 0 aliphatic heterocycles. The Labute approximate surface area is 159 Å². The second kappa shape index (κ2) is 7.12. The van der Waals surface area contributed by atoms with Gasteiger partial charge in [0.1, 0.15) is 5.82 Å². The number of benzene rings is 2. The summed E-state index contributed by atoms with van der Waals surface area (Å²) < 4.78 is 30.9. The smallest absolute Gasteiger partial charge is 0.345 e. The Balaban J connectivity index is 1.88. The van der Waals surface area contributed by atoms with Crippen LogP contribution in [0.2, 0.25) is 0 Å². The maximum absolute atomic E-state index is 12.7. The fourth-order valence-electron chi connectivity index (χ4n) is 2.31. The van der Waals surface area contributed by atoms with Gasteiger partial charge >= 0.3 is 5.97 Å². The van der Waals surface area contributed by atoms with Crippen molar-refractivity contribution in [2.75, 3.05) is 5.73 Å². The van der Waals surface area contributed by atoms with Gasteiger partial charge in [0.15, 0.2) is 0 Å². The molecule has 0 aliphatic rings. The highest BCUT2D eigenvalue weighted by molar-refractivity contribution is 7.90. The molecule has 1 heterocycles. The lowest BCUT2D eigenvalue weighted by molar-refractivity contribution is -0.384. The number of carbonyl (C=O) groups excluding carboxylic acids is 1. The number of nitrogens with zero attached hydrogens (tertiary/aromatic N) is 3. The molecular weight excluding hydrogens is 388 g/mol. The number of nitrogens with two attached hydrogens (primary N) is 1. The van der Waals surface area contributed by atoms with Crippen molar-refractivity contribution in [1.82, 2.24) is 9.19 Å². The number of hydrogen-bond acceptors (Lipinski definition) is 8. The van der Waals surface area contributed by atoms with Gasteiger partial charge in [0.05, 0.1) is 15.4 Å². The fourth-order valence-corrected chi connectivity index (χ4v) is 3.51. The molecule has 28 heavy (non-hydrogen) atoms. The first-order valence-electron chi connectivity index (χ1n) is 7.83. The molecule has 0 unspecified atom stereocenters. The van der Waals surface area contributed by atoms with E-state index in [0.717, 1.165) is 17.7 Å². The van der Waals surface area contributed by atoms with Crippen LogP contribution < -0.4 is 10.5 Å². The van der Waals surface area contributed by atoms with E-state index in [2.05, 4.69) is 5.10 Å². The number of non-ortho nitro benzene ring substituents is 1. The lowest BCUT2D eigenvalue weighted by Gasteiger charge is -2.06. The van der Waals surface area contributed by atoms with Crippen molar-refractivity contribution in [2.45, 2.75) is 11.8 Å². The zero-order chi connectivity index (χ0) is 20.5. The van der Waals surface area contributed by atoms with Gasteiger partial charge in [-0.15, -0.1) is 9.19 Å². The Hall–Kier alpha value is -3.73. The van der Waals surface area contributed by atoms with Gasteiger partial charge in [-0.3, -0.25) is 10.1 Å².